The Kier molecular flexibility index (Phi) is 4.26. The van der Waals surface area contributed by atoms with Crippen molar-refractivity contribution < 1.29 is 9.72 Å². The minimum atomic E-state index is -0.673. The zero-order valence-electron chi connectivity index (χ0n) is 10.2. The molecule has 0 bridgehead atoms. The summed E-state index contributed by atoms with van der Waals surface area (Å²) in [6.07, 6.45) is 1.80. The lowest BCUT2D eigenvalue weighted by atomic mass is 10.1. The van der Waals surface area contributed by atoms with E-state index in [9.17, 15) is 14.9 Å². The summed E-state index contributed by atoms with van der Waals surface area (Å²) < 4.78 is 0. The number of carbonyl (C=O) groups excluding carboxylic acids is 1. The standard InChI is InChI=1S/C11H10ClN5O3/c12-8-3-1-2-7(10(8)17(19)20)11(18)13-5-4-9-14-6-15-16-9/h1-3,6H,4-5H2,(H,13,18)(H,14,15,16). The Morgan fingerprint density at radius 1 is 1.50 bits per heavy atom. The molecule has 1 aromatic carbocycles. The lowest BCUT2D eigenvalue weighted by molar-refractivity contribution is -0.385. The normalized spacial score (nSPS) is 10.2. The molecule has 1 amide bonds. The van der Waals surface area contributed by atoms with Crippen LogP contribution < -0.4 is 5.32 Å². The maximum Gasteiger partial charge on any atom is 0.300 e. The molecule has 0 spiro atoms. The van der Waals surface area contributed by atoms with E-state index in [4.69, 9.17) is 11.6 Å². The van der Waals surface area contributed by atoms with Crippen LogP contribution in [0.1, 0.15) is 16.2 Å². The number of nitrogens with one attached hydrogen (secondary N) is 2. The van der Waals surface area contributed by atoms with Gasteiger partial charge in [-0.3, -0.25) is 20.0 Å². The maximum atomic E-state index is 11.9. The smallest absolute Gasteiger partial charge is 0.300 e. The van der Waals surface area contributed by atoms with E-state index in [1.165, 1.54) is 24.5 Å². The fourth-order valence-electron chi connectivity index (χ4n) is 1.63. The molecule has 1 aromatic heterocycles. The number of para-hydroxylation sites is 1. The van der Waals surface area contributed by atoms with Crippen molar-refractivity contribution in [1.82, 2.24) is 20.5 Å². The zero-order valence-corrected chi connectivity index (χ0v) is 10.9. The number of hydrogen-bond donors (Lipinski definition) is 2. The molecule has 2 N–H and O–H groups in total. The van der Waals surface area contributed by atoms with Crippen molar-refractivity contribution in [2.24, 2.45) is 0 Å². The zero-order chi connectivity index (χ0) is 14.5. The molecule has 9 heteroatoms. The molecule has 20 heavy (non-hydrogen) atoms. The molecule has 0 aliphatic rings. The number of amides is 1. The minimum absolute atomic E-state index is 0.0694. The first kappa shape index (κ1) is 13.9. The van der Waals surface area contributed by atoms with E-state index in [1.807, 2.05) is 0 Å². The molecule has 2 rings (SSSR count). The lowest BCUT2D eigenvalue weighted by Crippen LogP contribution is -2.26. The predicted molar refractivity (Wildman–Crippen MR) is 70.5 cm³/mol. The average molecular weight is 296 g/mol. The van der Waals surface area contributed by atoms with Crippen molar-refractivity contribution in [3.8, 4) is 0 Å². The number of rotatable bonds is 5. The Balaban J connectivity index is 2.06. The van der Waals surface area contributed by atoms with Gasteiger partial charge in [-0.25, -0.2) is 4.98 Å². The first-order valence-electron chi connectivity index (χ1n) is 5.65. The SMILES string of the molecule is O=C(NCCc1ncn[nH]1)c1cccc(Cl)c1[N+](=O)[O-]. The van der Waals surface area contributed by atoms with Crippen molar-refractivity contribution in [3.05, 3.63) is 51.1 Å². The predicted octanol–water partition coefficient (Wildman–Crippen LogP) is 1.34. The number of carbonyl (C=O) groups is 1. The number of hydrogen-bond acceptors (Lipinski definition) is 5. The third kappa shape index (κ3) is 3.09. The van der Waals surface area contributed by atoms with E-state index in [2.05, 4.69) is 20.5 Å². The van der Waals surface area contributed by atoms with E-state index in [0.717, 1.165) is 0 Å². The summed E-state index contributed by atoms with van der Waals surface area (Å²) in [7, 11) is 0. The maximum absolute atomic E-state index is 11.9. The highest BCUT2D eigenvalue weighted by Gasteiger charge is 2.23. The third-order valence-corrected chi connectivity index (χ3v) is 2.83. The molecule has 2 aromatic rings. The summed E-state index contributed by atoms with van der Waals surface area (Å²) in [5.41, 5.74) is -0.466. The number of aromatic amines is 1. The van der Waals surface area contributed by atoms with E-state index in [1.54, 1.807) is 0 Å². The number of H-pyrrole nitrogens is 1. The number of nitrogens with zero attached hydrogens (tertiary/aromatic N) is 3. The summed E-state index contributed by atoms with van der Waals surface area (Å²) in [5, 5.41) is 19.7. The largest absolute Gasteiger partial charge is 0.351 e. The molecular formula is C11H10ClN5O3. The van der Waals surface area contributed by atoms with Crippen molar-refractivity contribution in [1.29, 1.82) is 0 Å². The van der Waals surface area contributed by atoms with Crippen LogP contribution in [-0.4, -0.2) is 32.6 Å². The Bertz CT molecular complexity index is 629. The van der Waals surface area contributed by atoms with Gasteiger partial charge in [0.25, 0.3) is 5.91 Å². The Hall–Kier alpha value is -2.48. The van der Waals surface area contributed by atoms with Gasteiger partial charge in [0.1, 0.15) is 22.7 Å². The Morgan fingerprint density at radius 3 is 2.95 bits per heavy atom. The average Bonchev–Trinajstić information content (AvgIpc) is 2.91. The molecule has 0 unspecified atom stereocenters. The summed E-state index contributed by atoms with van der Waals surface area (Å²) in [6.45, 7) is 0.275. The fourth-order valence-corrected chi connectivity index (χ4v) is 1.87. The van der Waals surface area contributed by atoms with Gasteiger partial charge in [-0.15, -0.1) is 0 Å². The second-order valence-corrected chi connectivity index (χ2v) is 4.24. The Morgan fingerprint density at radius 2 is 2.30 bits per heavy atom. The van der Waals surface area contributed by atoms with Crippen LogP contribution >= 0.6 is 11.6 Å². The topological polar surface area (TPSA) is 114 Å². The summed E-state index contributed by atoms with van der Waals surface area (Å²) >= 11 is 5.74. The third-order valence-electron chi connectivity index (χ3n) is 2.53. The van der Waals surface area contributed by atoms with Gasteiger partial charge in [-0.1, -0.05) is 17.7 Å². The second kappa shape index (κ2) is 6.11. The van der Waals surface area contributed by atoms with Gasteiger partial charge < -0.3 is 5.32 Å². The monoisotopic (exact) mass is 295 g/mol. The van der Waals surface area contributed by atoms with Crippen LogP contribution in [0.25, 0.3) is 0 Å². The van der Waals surface area contributed by atoms with Crippen LogP contribution in [0.5, 0.6) is 0 Å². The van der Waals surface area contributed by atoms with Gasteiger partial charge in [0.2, 0.25) is 0 Å². The van der Waals surface area contributed by atoms with E-state index in [-0.39, 0.29) is 17.1 Å². The van der Waals surface area contributed by atoms with Crippen LogP contribution in [0.2, 0.25) is 5.02 Å². The number of aromatic nitrogens is 3. The molecule has 0 fully saturated rings. The number of benzene rings is 1. The highest BCUT2D eigenvalue weighted by atomic mass is 35.5. The highest BCUT2D eigenvalue weighted by molar-refractivity contribution is 6.33. The second-order valence-electron chi connectivity index (χ2n) is 3.83. The molecule has 8 nitrogen and oxygen atoms in total. The van der Waals surface area contributed by atoms with Gasteiger partial charge in [-0.2, -0.15) is 5.10 Å². The summed E-state index contributed by atoms with van der Waals surface area (Å²) in [6, 6.07) is 4.21. The molecule has 0 aliphatic heterocycles. The molecule has 0 aliphatic carbocycles. The lowest BCUT2D eigenvalue weighted by Gasteiger charge is -2.05. The van der Waals surface area contributed by atoms with Crippen LogP contribution in [0.15, 0.2) is 24.5 Å². The molecular weight excluding hydrogens is 286 g/mol. The first-order chi connectivity index (χ1) is 9.59. The molecule has 104 valence electrons. The van der Waals surface area contributed by atoms with Crippen LogP contribution in [0, 0.1) is 10.1 Å². The Labute approximate surface area is 118 Å². The van der Waals surface area contributed by atoms with Crippen molar-refractivity contribution in [2.45, 2.75) is 6.42 Å². The van der Waals surface area contributed by atoms with E-state index < -0.39 is 16.5 Å². The quantitative estimate of drug-likeness (QED) is 0.638. The van der Waals surface area contributed by atoms with Gasteiger partial charge >= 0.3 is 5.69 Å². The van der Waals surface area contributed by atoms with Gasteiger partial charge in [0.15, 0.2) is 0 Å². The minimum Gasteiger partial charge on any atom is -0.351 e. The number of nitro groups is 1. The van der Waals surface area contributed by atoms with Crippen LogP contribution in [0.3, 0.4) is 0 Å². The molecule has 0 saturated carbocycles. The highest BCUT2D eigenvalue weighted by Crippen LogP contribution is 2.27. The molecule has 1 heterocycles. The van der Waals surface area contributed by atoms with Gasteiger partial charge in [0, 0.05) is 13.0 Å². The summed E-state index contributed by atoms with van der Waals surface area (Å²) in [5.74, 6) is 0.0598. The summed E-state index contributed by atoms with van der Waals surface area (Å²) in [4.78, 5) is 26.1. The molecule has 0 atom stereocenters. The fraction of sp³-hybridized carbons (Fsp3) is 0.182. The van der Waals surface area contributed by atoms with E-state index >= 15 is 0 Å². The van der Waals surface area contributed by atoms with E-state index in [0.29, 0.717) is 12.2 Å². The number of halogens is 1. The first-order valence-corrected chi connectivity index (χ1v) is 6.02. The molecule has 0 saturated heterocycles. The molecule has 0 radical (unpaired) electrons. The number of nitro benzene ring substituents is 1. The van der Waals surface area contributed by atoms with Crippen molar-refractivity contribution >= 4 is 23.2 Å². The van der Waals surface area contributed by atoms with Crippen molar-refractivity contribution in [3.63, 3.8) is 0 Å². The van der Waals surface area contributed by atoms with Crippen LogP contribution in [-0.2, 0) is 6.42 Å². The van der Waals surface area contributed by atoms with Crippen LogP contribution in [0.4, 0.5) is 5.69 Å². The van der Waals surface area contributed by atoms with Gasteiger partial charge in [-0.05, 0) is 12.1 Å². The van der Waals surface area contributed by atoms with Crippen molar-refractivity contribution in [2.75, 3.05) is 6.54 Å². The van der Waals surface area contributed by atoms with Gasteiger partial charge in [0.05, 0.1) is 4.92 Å².